The maximum Gasteiger partial charge on any atom is 0.198 e. The molecule has 0 fully saturated rings. The summed E-state index contributed by atoms with van der Waals surface area (Å²) in [6.07, 6.45) is 1.01. The van der Waals surface area contributed by atoms with Gasteiger partial charge in [0.2, 0.25) is 0 Å². The van der Waals surface area contributed by atoms with Crippen LogP contribution >= 0.6 is 34.5 Å². The van der Waals surface area contributed by atoms with Crippen molar-refractivity contribution in [3.63, 3.8) is 0 Å². The molecule has 1 N–H and O–H groups in total. The lowest BCUT2D eigenvalue weighted by atomic mass is 10.2. The number of ether oxygens (including phenoxy) is 2. The highest BCUT2D eigenvalue weighted by Gasteiger charge is 2.37. The Bertz CT molecular complexity index is 1140. The molecule has 0 amide bonds. The fraction of sp³-hybridized carbons (Fsp3) is 0.630. The first kappa shape index (κ1) is 33.9. The van der Waals surface area contributed by atoms with E-state index in [0.717, 1.165) is 9.88 Å². The van der Waals surface area contributed by atoms with Gasteiger partial charge in [-0.05, 0) is 44.1 Å². The lowest BCUT2D eigenvalue weighted by molar-refractivity contribution is 0.0762. The summed E-state index contributed by atoms with van der Waals surface area (Å²) in [4.78, 5) is 9.58. The third-order valence-corrected chi connectivity index (χ3v) is 12.4. The molecule has 2 aromatic heterocycles. The summed E-state index contributed by atoms with van der Waals surface area (Å²) in [7, 11) is -1.95. The van der Waals surface area contributed by atoms with Crippen molar-refractivity contribution in [1.29, 1.82) is 0 Å². The van der Waals surface area contributed by atoms with Crippen molar-refractivity contribution in [2.75, 3.05) is 31.8 Å². The number of halogens is 3. The Morgan fingerprint density at radius 1 is 1.21 bits per heavy atom. The first-order valence-corrected chi connectivity index (χ1v) is 17.7. The quantitative estimate of drug-likeness (QED) is 0.152. The van der Waals surface area contributed by atoms with Crippen LogP contribution in [0.15, 0.2) is 28.8 Å². The summed E-state index contributed by atoms with van der Waals surface area (Å²) < 4.78 is 37.1. The molecule has 0 aliphatic heterocycles. The summed E-state index contributed by atoms with van der Waals surface area (Å²) in [6, 6.07) is 5.34. The largest absolute Gasteiger partial charge is 0.493 e. The normalized spacial score (nSPS) is 14.5. The average molecular weight is 624 g/mol. The molecule has 39 heavy (non-hydrogen) atoms. The van der Waals surface area contributed by atoms with E-state index in [2.05, 4.69) is 43.8 Å². The smallest absolute Gasteiger partial charge is 0.198 e. The zero-order valence-corrected chi connectivity index (χ0v) is 27.1. The van der Waals surface area contributed by atoms with Crippen molar-refractivity contribution in [3.05, 3.63) is 40.2 Å². The Morgan fingerprint density at radius 2 is 1.90 bits per heavy atom. The van der Waals surface area contributed by atoms with E-state index >= 15 is 0 Å². The number of aliphatic hydroxyl groups is 1. The van der Waals surface area contributed by atoms with Crippen molar-refractivity contribution in [2.24, 2.45) is 5.92 Å². The van der Waals surface area contributed by atoms with Crippen LogP contribution in [0.4, 0.5) is 4.39 Å². The molecule has 3 aromatic rings. The second-order valence-electron chi connectivity index (χ2n) is 10.7. The number of rotatable bonds is 13. The predicted molar refractivity (Wildman–Crippen MR) is 160 cm³/mol. The number of fused-ring (bicyclic) bond motifs is 1. The van der Waals surface area contributed by atoms with E-state index in [-0.39, 0.29) is 35.4 Å². The van der Waals surface area contributed by atoms with Crippen molar-refractivity contribution < 1.29 is 27.8 Å². The molecule has 3 unspecified atom stereocenters. The molecule has 3 rings (SSSR count). The molecule has 0 aliphatic rings. The molecule has 3 atom stereocenters. The van der Waals surface area contributed by atoms with Crippen LogP contribution in [0.3, 0.4) is 0 Å². The third-order valence-electron chi connectivity index (χ3n) is 6.60. The van der Waals surface area contributed by atoms with E-state index in [4.69, 9.17) is 41.5 Å². The molecule has 0 bridgehead atoms. The van der Waals surface area contributed by atoms with Crippen molar-refractivity contribution in [2.45, 2.75) is 71.4 Å². The first-order valence-electron chi connectivity index (χ1n) is 12.9. The molecule has 12 heteroatoms. The lowest BCUT2D eigenvalue weighted by Gasteiger charge is -2.37. The average Bonchev–Trinajstić information content (AvgIpc) is 3.51. The molecule has 0 radical (unpaired) electrons. The number of oxazole rings is 1. The summed E-state index contributed by atoms with van der Waals surface area (Å²) in [5.41, 5.74) is 1.22. The van der Waals surface area contributed by atoms with E-state index in [0.29, 0.717) is 36.0 Å². The SMILES string of the molecule is CCOC(C)c1ncc(C(O)Cc2nc3ccc(OCC(CF)CO[Si](C)(C)C(C)(C)C)cc3o2)s1.ClCCl. The fourth-order valence-electron chi connectivity index (χ4n) is 3.25. The maximum absolute atomic E-state index is 13.6. The molecule has 7 nitrogen and oxygen atoms in total. The minimum atomic E-state index is -1.95. The highest BCUT2D eigenvalue weighted by molar-refractivity contribution is 7.11. The summed E-state index contributed by atoms with van der Waals surface area (Å²) in [6.45, 7) is 15.3. The van der Waals surface area contributed by atoms with Gasteiger partial charge in [0, 0.05) is 31.4 Å². The number of aromatic nitrogens is 2. The van der Waals surface area contributed by atoms with Crippen LogP contribution in [0.25, 0.3) is 11.1 Å². The highest BCUT2D eigenvalue weighted by atomic mass is 35.5. The summed E-state index contributed by atoms with van der Waals surface area (Å²) >= 11 is 10.9. The fourth-order valence-corrected chi connectivity index (χ4v) is 5.24. The molecule has 0 aliphatic carbocycles. The van der Waals surface area contributed by atoms with Crippen LogP contribution in [0.5, 0.6) is 5.75 Å². The van der Waals surface area contributed by atoms with Gasteiger partial charge in [-0.1, -0.05) is 20.8 Å². The molecule has 0 saturated carbocycles. The Kier molecular flexibility index (Phi) is 13.6. The second kappa shape index (κ2) is 15.7. The van der Waals surface area contributed by atoms with E-state index in [1.165, 1.54) is 11.3 Å². The molecule has 1 aromatic carbocycles. The Labute approximate surface area is 246 Å². The van der Waals surface area contributed by atoms with Crippen molar-refractivity contribution in [3.8, 4) is 5.75 Å². The van der Waals surface area contributed by atoms with Gasteiger partial charge in [-0.25, -0.2) is 9.97 Å². The molecule has 2 heterocycles. The van der Waals surface area contributed by atoms with E-state index in [9.17, 15) is 9.50 Å². The minimum absolute atomic E-state index is 0.0710. The first-order chi connectivity index (χ1) is 18.3. The number of aliphatic hydroxyl groups excluding tert-OH is 1. The minimum Gasteiger partial charge on any atom is -0.493 e. The van der Waals surface area contributed by atoms with Crippen LogP contribution in [-0.4, -0.2) is 55.2 Å². The van der Waals surface area contributed by atoms with Crippen molar-refractivity contribution in [1.82, 2.24) is 9.97 Å². The molecule has 0 saturated heterocycles. The van der Waals surface area contributed by atoms with Gasteiger partial charge in [0.1, 0.15) is 22.4 Å². The van der Waals surface area contributed by atoms with E-state index < -0.39 is 21.1 Å². The Balaban J connectivity index is 0.00000170. The number of hydrogen-bond acceptors (Lipinski definition) is 8. The van der Waals surface area contributed by atoms with Gasteiger partial charge in [-0.3, -0.25) is 4.39 Å². The van der Waals surface area contributed by atoms with Gasteiger partial charge in [-0.2, -0.15) is 0 Å². The molecule has 220 valence electrons. The topological polar surface area (TPSA) is 86.8 Å². The summed E-state index contributed by atoms with van der Waals surface area (Å²) in [5, 5.41) is 11.8. The van der Waals surface area contributed by atoms with Crippen LogP contribution < -0.4 is 4.74 Å². The van der Waals surface area contributed by atoms with Crippen LogP contribution in [-0.2, 0) is 15.6 Å². The standard InChI is InChI=1S/C26H39FN2O5SSi.CH2Cl2/c1-8-31-17(2)25-28-14-23(35-25)21(30)12-24-29-20-10-9-19(11-22(20)34-24)32-15-18(13-27)16-33-36(6,7)26(3,4)5;2-1-3/h9-11,14,17-18,21,30H,8,12-13,15-16H2,1-7H3;1H2. The zero-order chi connectivity index (χ0) is 29.2. The van der Waals surface area contributed by atoms with Crippen LogP contribution in [0.1, 0.15) is 62.6 Å². The molecule has 0 spiro atoms. The van der Waals surface area contributed by atoms with Crippen LogP contribution in [0.2, 0.25) is 18.1 Å². The number of benzene rings is 1. The number of thiazole rings is 1. The van der Waals surface area contributed by atoms with Gasteiger partial charge in [0.05, 0.1) is 36.0 Å². The van der Waals surface area contributed by atoms with E-state index in [1.54, 1.807) is 24.4 Å². The van der Waals surface area contributed by atoms with Gasteiger partial charge < -0.3 is 23.4 Å². The summed E-state index contributed by atoms with van der Waals surface area (Å²) in [5.74, 6) is 0.658. The van der Waals surface area contributed by atoms with Gasteiger partial charge in [-0.15, -0.1) is 34.5 Å². The van der Waals surface area contributed by atoms with Crippen LogP contribution in [0, 0.1) is 5.92 Å². The van der Waals surface area contributed by atoms with Crippen molar-refractivity contribution >= 4 is 54.0 Å². The molecular weight excluding hydrogens is 582 g/mol. The Morgan fingerprint density at radius 3 is 2.51 bits per heavy atom. The number of nitrogens with zero attached hydrogens (tertiary/aromatic N) is 2. The van der Waals surface area contributed by atoms with Gasteiger partial charge in [0.25, 0.3) is 0 Å². The lowest BCUT2D eigenvalue weighted by Crippen LogP contribution is -2.42. The molecular formula is C27H41Cl2FN2O5SSi. The maximum atomic E-state index is 13.6. The number of hydrogen-bond donors (Lipinski definition) is 1. The van der Waals surface area contributed by atoms with Gasteiger partial charge in [0.15, 0.2) is 19.8 Å². The highest BCUT2D eigenvalue weighted by Crippen LogP contribution is 2.37. The van der Waals surface area contributed by atoms with Gasteiger partial charge >= 0.3 is 0 Å². The number of alkyl halides is 3. The third kappa shape index (κ3) is 10.3. The second-order valence-corrected chi connectivity index (χ2v) is 17.4. The monoisotopic (exact) mass is 622 g/mol. The van der Waals surface area contributed by atoms with E-state index in [1.807, 2.05) is 13.8 Å². The predicted octanol–water partition coefficient (Wildman–Crippen LogP) is 8.07. The Hall–Kier alpha value is -1.27. The zero-order valence-electron chi connectivity index (χ0n) is 23.8.